The Labute approximate surface area is 124 Å². The van der Waals surface area contributed by atoms with E-state index in [1.165, 1.54) is 24.5 Å². The summed E-state index contributed by atoms with van der Waals surface area (Å²) in [6.07, 6.45) is 8.78. The fourth-order valence-corrected chi connectivity index (χ4v) is 4.42. The molecule has 0 saturated heterocycles. The molecule has 0 amide bonds. The third-order valence-corrected chi connectivity index (χ3v) is 5.69. The molecule has 2 N–H and O–H groups in total. The summed E-state index contributed by atoms with van der Waals surface area (Å²) in [6.45, 7) is 0. The van der Waals surface area contributed by atoms with Crippen molar-refractivity contribution in [2.24, 2.45) is 11.7 Å². The predicted octanol–water partition coefficient (Wildman–Crippen LogP) is 4.14. The molecule has 1 aromatic carbocycles. The van der Waals surface area contributed by atoms with Gasteiger partial charge in [0.15, 0.2) is 0 Å². The number of pyridine rings is 1. The van der Waals surface area contributed by atoms with Gasteiger partial charge in [0.25, 0.3) is 0 Å². The van der Waals surface area contributed by atoms with Gasteiger partial charge in [-0.15, -0.1) is 0 Å². The summed E-state index contributed by atoms with van der Waals surface area (Å²) < 4.78 is 13.7. The van der Waals surface area contributed by atoms with Crippen LogP contribution in [0.3, 0.4) is 0 Å². The van der Waals surface area contributed by atoms with Gasteiger partial charge in [0.1, 0.15) is 5.82 Å². The molecular formula is C18H21FN2. The molecule has 2 bridgehead atoms. The standard InChI is InChI=1S/C18H21FN2/c19-13-1-2-17-16(11-13)15(6-10-21-17)14-5-9-18(20)7-3-12(14)4-8-18/h1-2,6,10-12,14H,3-5,7-9,20H2. The number of benzene rings is 1. The first-order chi connectivity index (χ1) is 10.1. The van der Waals surface area contributed by atoms with Crippen LogP contribution in [0.2, 0.25) is 0 Å². The Morgan fingerprint density at radius 1 is 1.10 bits per heavy atom. The van der Waals surface area contributed by atoms with E-state index in [-0.39, 0.29) is 11.4 Å². The Balaban J connectivity index is 1.81. The second-order valence-corrected chi connectivity index (χ2v) is 6.91. The van der Waals surface area contributed by atoms with Crippen LogP contribution in [-0.4, -0.2) is 10.5 Å². The Morgan fingerprint density at radius 3 is 2.67 bits per heavy atom. The SMILES string of the molecule is NC12CCC(CC1)C(c1ccnc3ccc(F)cc13)CC2. The fraction of sp³-hybridized carbons (Fsp3) is 0.500. The largest absolute Gasteiger partial charge is 0.325 e. The minimum atomic E-state index is -0.176. The number of fused-ring (bicyclic) bond motifs is 5. The summed E-state index contributed by atoms with van der Waals surface area (Å²) in [7, 11) is 0. The van der Waals surface area contributed by atoms with Gasteiger partial charge in [-0.3, -0.25) is 4.98 Å². The van der Waals surface area contributed by atoms with Crippen LogP contribution in [-0.2, 0) is 0 Å². The minimum absolute atomic E-state index is 0.0549. The second kappa shape index (κ2) is 4.77. The van der Waals surface area contributed by atoms with E-state index in [1.54, 1.807) is 12.1 Å². The van der Waals surface area contributed by atoms with Crippen LogP contribution in [0.15, 0.2) is 30.5 Å². The molecule has 2 aromatic rings. The molecule has 1 atom stereocenters. The molecular weight excluding hydrogens is 263 g/mol. The number of nitrogens with two attached hydrogens (primary N) is 1. The van der Waals surface area contributed by atoms with Crippen LogP contribution in [0.4, 0.5) is 4.39 Å². The van der Waals surface area contributed by atoms with E-state index in [1.807, 2.05) is 6.20 Å². The zero-order valence-electron chi connectivity index (χ0n) is 12.2. The lowest BCUT2D eigenvalue weighted by Crippen LogP contribution is -2.41. The van der Waals surface area contributed by atoms with Crippen molar-refractivity contribution in [2.45, 2.75) is 50.0 Å². The lowest BCUT2D eigenvalue weighted by molar-refractivity contribution is 0.254. The summed E-state index contributed by atoms with van der Waals surface area (Å²) in [5.41, 5.74) is 8.73. The highest BCUT2D eigenvalue weighted by molar-refractivity contribution is 5.82. The summed E-state index contributed by atoms with van der Waals surface area (Å²) >= 11 is 0. The number of halogens is 1. The molecule has 0 radical (unpaired) electrons. The maximum atomic E-state index is 13.7. The van der Waals surface area contributed by atoms with Gasteiger partial charge in [-0.1, -0.05) is 0 Å². The summed E-state index contributed by atoms with van der Waals surface area (Å²) in [6, 6.07) is 7.01. The molecule has 21 heavy (non-hydrogen) atoms. The monoisotopic (exact) mass is 284 g/mol. The lowest BCUT2D eigenvalue weighted by Gasteiger charge is -2.34. The molecule has 3 heteroatoms. The number of hydrogen-bond donors (Lipinski definition) is 1. The average Bonchev–Trinajstić information content (AvgIpc) is 2.75. The summed E-state index contributed by atoms with van der Waals surface area (Å²) in [5, 5.41) is 0.985. The van der Waals surface area contributed by atoms with Crippen molar-refractivity contribution in [3.63, 3.8) is 0 Å². The van der Waals surface area contributed by atoms with E-state index < -0.39 is 0 Å². The Hall–Kier alpha value is -1.48. The van der Waals surface area contributed by atoms with Crippen LogP contribution < -0.4 is 5.73 Å². The van der Waals surface area contributed by atoms with E-state index >= 15 is 0 Å². The molecule has 1 unspecified atom stereocenters. The first kappa shape index (κ1) is 13.2. The third kappa shape index (κ3) is 2.24. The number of rotatable bonds is 1. The second-order valence-electron chi connectivity index (χ2n) is 6.91. The number of hydrogen-bond acceptors (Lipinski definition) is 2. The molecule has 0 spiro atoms. The zero-order valence-corrected chi connectivity index (χ0v) is 12.2. The van der Waals surface area contributed by atoms with Gasteiger partial charge in [0.2, 0.25) is 0 Å². The van der Waals surface area contributed by atoms with Crippen molar-refractivity contribution in [1.82, 2.24) is 4.98 Å². The van der Waals surface area contributed by atoms with Gasteiger partial charge in [-0.2, -0.15) is 0 Å². The molecule has 110 valence electrons. The molecule has 3 aliphatic carbocycles. The van der Waals surface area contributed by atoms with E-state index in [4.69, 9.17) is 5.73 Å². The lowest BCUT2D eigenvalue weighted by atomic mass is 9.75. The van der Waals surface area contributed by atoms with Gasteiger partial charge >= 0.3 is 0 Å². The van der Waals surface area contributed by atoms with Crippen LogP contribution in [0.25, 0.3) is 10.9 Å². The average molecular weight is 284 g/mol. The fourth-order valence-electron chi connectivity index (χ4n) is 4.42. The highest BCUT2D eigenvalue weighted by Crippen LogP contribution is 2.48. The van der Waals surface area contributed by atoms with Crippen LogP contribution in [0.1, 0.15) is 50.0 Å². The highest BCUT2D eigenvalue weighted by Gasteiger charge is 2.40. The maximum Gasteiger partial charge on any atom is 0.123 e. The highest BCUT2D eigenvalue weighted by atomic mass is 19.1. The van der Waals surface area contributed by atoms with Crippen molar-refractivity contribution in [1.29, 1.82) is 0 Å². The van der Waals surface area contributed by atoms with E-state index in [0.29, 0.717) is 11.8 Å². The normalized spacial score (nSPS) is 32.3. The maximum absolute atomic E-state index is 13.7. The Kier molecular flexibility index (Phi) is 3.00. The van der Waals surface area contributed by atoms with Crippen molar-refractivity contribution in [3.05, 3.63) is 41.8 Å². The molecule has 5 rings (SSSR count). The quantitative estimate of drug-likeness (QED) is 0.854. The first-order valence-corrected chi connectivity index (χ1v) is 7.98. The molecule has 1 heterocycles. The van der Waals surface area contributed by atoms with Crippen LogP contribution in [0.5, 0.6) is 0 Å². The Morgan fingerprint density at radius 2 is 1.86 bits per heavy atom. The van der Waals surface area contributed by atoms with Crippen molar-refractivity contribution < 1.29 is 4.39 Å². The molecule has 1 aromatic heterocycles. The van der Waals surface area contributed by atoms with Crippen molar-refractivity contribution >= 4 is 10.9 Å². The molecule has 3 aliphatic rings. The Bertz CT molecular complexity index is 674. The third-order valence-electron chi connectivity index (χ3n) is 5.69. The molecule has 3 saturated carbocycles. The van der Waals surface area contributed by atoms with Crippen molar-refractivity contribution in [3.8, 4) is 0 Å². The van der Waals surface area contributed by atoms with Crippen LogP contribution >= 0.6 is 0 Å². The minimum Gasteiger partial charge on any atom is -0.325 e. The van der Waals surface area contributed by atoms with Gasteiger partial charge < -0.3 is 5.73 Å². The molecule has 0 aliphatic heterocycles. The van der Waals surface area contributed by atoms with Gasteiger partial charge in [0.05, 0.1) is 5.52 Å². The zero-order chi connectivity index (χ0) is 14.4. The van der Waals surface area contributed by atoms with E-state index in [9.17, 15) is 4.39 Å². The van der Waals surface area contributed by atoms with E-state index in [0.717, 1.165) is 36.6 Å². The van der Waals surface area contributed by atoms with E-state index in [2.05, 4.69) is 11.1 Å². The van der Waals surface area contributed by atoms with Crippen LogP contribution in [0, 0.1) is 11.7 Å². The van der Waals surface area contributed by atoms with Gasteiger partial charge in [-0.25, -0.2) is 4.39 Å². The summed E-state index contributed by atoms with van der Waals surface area (Å²) in [4.78, 5) is 4.38. The van der Waals surface area contributed by atoms with Gasteiger partial charge in [0, 0.05) is 17.1 Å². The predicted molar refractivity (Wildman–Crippen MR) is 82.6 cm³/mol. The first-order valence-electron chi connectivity index (χ1n) is 7.98. The number of aromatic nitrogens is 1. The van der Waals surface area contributed by atoms with Gasteiger partial charge in [-0.05, 0) is 80.2 Å². The molecule has 3 fully saturated rings. The van der Waals surface area contributed by atoms with Crippen molar-refractivity contribution in [2.75, 3.05) is 0 Å². The number of nitrogens with zero attached hydrogens (tertiary/aromatic N) is 1. The molecule has 2 nitrogen and oxygen atoms in total. The summed E-state index contributed by atoms with van der Waals surface area (Å²) in [5.74, 6) is 1.02. The smallest absolute Gasteiger partial charge is 0.123 e. The topological polar surface area (TPSA) is 38.9 Å².